The number of likely N-dealkylation sites (tertiary alicyclic amines) is 1. The van der Waals surface area contributed by atoms with Crippen LogP contribution in [0.2, 0.25) is 0 Å². The van der Waals surface area contributed by atoms with Crippen LogP contribution in [0.25, 0.3) is 22.2 Å². The Hall–Kier alpha value is -4.05. The molecule has 3 heterocycles. The van der Waals surface area contributed by atoms with Crippen LogP contribution in [0.3, 0.4) is 0 Å². The minimum Gasteiger partial charge on any atom is -0.457 e. The summed E-state index contributed by atoms with van der Waals surface area (Å²) in [6.07, 6.45) is 6.70. The Labute approximate surface area is 174 Å². The topological polar surface area (TPSA) is 93.0 Å². The fourth-order valence-corrected chi connectivity index (χ4v) is 3.99. The number of benzene rings is 2. The molecule has 0 bridgehead atoms. The van der Waals surface area contributed by atoms with Gasteiger partial charge in [0.05, 0.1) is 11.4 Å². The van der Waals surface area contributed by atoms with E-state index in [1.165, 1.54) is 6.33 Å². The van der Waals surface area contributed by atoms with E-state index in [1.807, 2.05) is 54.6 Å². The van der Waals surface area contributed by atoms with Gasteiger partial charge in [-0.25, -0.2) is 9.97 Å². The molecule has 2 N–H and O–H groups in total. The predicted molar refractivity (Wildman–Crippen MR) is 115 cm³/mol. The fourth-order valence-electron chi connectivity index (χ4n) is 3.99. The molecule has 148 valence electrons. The second-order valence-corrected chi connectivity index (χ2v) is 7.34. The monoisotopic (exact) mass is 396 g/mol. The van der Waals surface area contributed by atoms with Crippen molar-refractivity contribution in [2.24, 2.45) is 0 Å². The molecule has 1 aliphatic heterocycles. The molecule has 1 saturated heterocycles. The van der Waals surface area contributed by atoms with Crippen molar-refractivity contribution in [3.05, 3.63) is 67.1 Å². The SMILES string of the molecule is N#CN1CCC(n2cc(-c3ccc(Oc4ccccc4)cc3)c3c(N)ncnc32)C1. The number of nitrogens with two attached hydrogens (primary N) is 1. The molecule has 1 unspecified atom stereocenters. The lowest BCUT2D eigenvalue weighted by molar-refractivity contribution is 0.452. The Morgan fingerprint density at radius 2 is 1.80 bits per heavy atom. The largest absolute Gasteiger partial charge is 0.457 e. The summed E-state index contributed by atoms with van der Waals surface area (Å²) in [4.78, 5) is 10.5. The van der Waals surface area contributed by atoms with Crippen molar-refractivity contribution in [1.82, 2.24) is 19.4 Å². The van der Waals surface area contributed by atoms with Gasteiger partial charge in [0, 0.05) is 24.8 Å². The van der Waals surface area contributed by atoms with Crippen molar-refractivity contribution in [3.8, 4) is 28.8 Å². The van der Waals surface area contributed by atoms with Gasteiger partial charge in [0.2, 0.25) is 0 Å². The highest BCUT2D eigenvalue weighted by molar-refractivity contribution is 6.00. The van der Waals surface area contributed by atoms with Gasteiger partial charge in [-0.2, -0.15) is 5.26 Å². The zero-order valence-corrected chi connectivity index (χ0v) is 16.3. The number of nitrogens with zero attached hydrogens (tertiary/aromatic N) is 5. The van der Waals surface area contributed by atoms with Gasteiger partial charge >= 0.3 is 0 Å². The Kier molecular flexibility index (Phi) is 4.45. The molecular weight excluding hydrogens is 376 g/mol. The number of rotatable bonds is 4. The van der Waals surface area contributed by atoms with E-state index in [0.29, 0.717) is 12.4 Å². The van der Waals surface area contributed by atoms with Crippen molar-refractivity contribution >= 4 is 16.9 Å². The summed E-state index contributed by atoms with van der Waals surface area (Å²) in [7, 11) is 0. The van der Waals surface area contributed by atoms with Crippen molar-refractivity contribution in [3.63, 3.8) is 0 Å². The highest BCUT2D eigenvalue weighted by atomic mass is 16.5. The van der Waals surface area contributed by atoms with Gasteiger partial charge in [-0.05, 0) is 36.2 Å². The van der Waals surface area contributed by atoms with E-state index in [0.717, 1.165) is 46.6 Å². The van der Waals surface area contributed by atoms with E-state index in [-0.39, 0.29) is 6.04 Å². The Morgan fingerprint density at radius 3 is 2.53 bits per heavy atom. The van der Waals surface area contributed by atoms with Gasteiger partial charge in [0.25, 0.3) is 0 Å². The van der Waals surface area contributed by atoms with Crippen LogP contribution >= 0.6 is 0 Å². The average molecular weight is 396 g/mol. The number of hydrogen-bond acceptors (Lipinski definition) is 6. The number of nitrogen functional groups attached to an aromatic ring is 1. The zero-order chi connectivity index (χ0) is 20.5. The first kappa shape index (κ1) is 18.0. The summed E-state index contributed by atoms with van der Waals surface area (Å²) >= 11 is 0. The summed E-state index contributed by atoms with van der Waals surface area (Å²) in [5.41, 5.74) is 9.02. The van der Waals surface area contributed by atoms with Crippen LogP contribution in [0.5, 0.6) is 11.5 Å². The first-order chi connectivity index (χ1) is 14.7. The standard InChI is InChI=1S/C23H20N6O/c24-14-28-11-10-17(12-28)29-13-20(21-22(25)26-15-27-23(21)29)16-6-8-19(9-7-16)30-18-4-2-1-3-5-18/h1-9,13,15,17H,10-12H2,(H2,25,26,27). The summed E-state index contributed by atoms with van der Waals surface area (Å²) in [6.45, 7) is 1.43. The van der Waals surface area contributed by atoms with Crippen LogP contribution in [0.4, 0.5) is 5.82 Å². The third kappa shape index (κ3) is 3.18. The quantitative estimate of drug-likeness (QED) is 0.520. The van der Waals surface area contributed by atoms with Gasteiger partial charge in [-0.1, -0.05) is 30.3 Å². The highest BCUT2D eigenvalue weighted by Gasteiger charge is 2.26. The van der Waals surface area contributed by atoms with Crippen LogP contribution in [-0.4, -0.2) is 32.5 Å². The minimum absolute atomic E-state index is 0.177. The summed E-state index contributed by atoms with van der Waals surface area (Å²) in [5, 5.41) is 10.0. The van der Waals surface area contributed by atoms with Crippen LogP contribution in [0.1, 0.15) is 12.5 Å². The van der Waals surface area contributed by atoms with Gasteiger partial charge in [0.1, 0.15) is 29.3 Å². The second-order valence-electron chi connectivity index (χ2n) is 7.34. The predicted octanol–water partition coefficient (Wildman–Crippen LogP) is 4.20. The average Bonchev–Trinajstić information content (AvgIpc) is 3.40. The van der Waals surface area contributed by atoms with Gasteiger partial charge in [-0.15, -0.1) is 0 Å². The van der Waals surface area contributed by atoms with E-state index in [4.69, 9.17) is 10.5 Å². The molecular formula is C23H20N6O. The van der Waals surface area contributed by atoms with Gasteiger partial charge < -0.3 is 19.9 Å². The summed E-state index contributed by atoms with van der Waals surface area (Å²) in [5.74, 6) is 2.01. The van der Waals surface area contributed by atoms with Crippen LogP contribution in [0, 0.1) is 11.5 Å². The van der Waals surface area contributed by atoms with Crippen LogP contribution in [0.15, 0.2) is 67.1 Å². The number of para-hydroxylation sites is 1. The van der Waals surface area contributed by atoms with Crippen molar-refractivity contribution in [2.75, 3.05) is 18.8 Å². The first-order valence-corrected chi connectivity index (χ1v) is 9.82. The summed E-state index contributed by atoms with van der Waals surface area (Å²) in [6, 6.07) is 17.8. The smallest absolute Gasteiger partial charge is 0.179 e. The molecule has 7 heteroatoms. The van der Waals surface area contributed by atoms with E-state index < -0.39 is 0 Å². The van der Waals surface area contributed by atoms with E-state index in [2.05, 4.69) is 26.9 Å². The van der Waals surface area contributed by atoms with Crippen molar-refractivity contribution < 1.29 is 4.74 Å². The zero-order valence-electron chi connectivity index (χ0n) is 16.3. The third-order valence-corrected chi connectivity index (χ3v) is 5.48. The molecule has 1 atom stereocenters. The van der Waals surface area contributed by atoms with Gasteiger partial charge in [0.15, 0.2) is 6.19 Å². The molecule has 0 aliphatic carbocycles. The normalized spacial score (nSPS) is 16.0. The maximum absolute atomic E-state index is 9.21. The molecule has 1 fully saturated rings. The molecule has 7 nitrogen and oxygen atoms in total. The van der Waals surface area contributed by atoms with E-state index in [1.54, 1.807) is 4.90 Å². The van der Waals surface area contributed by atoms with Crippen molar-refractivity contribution in [1.29, 1.82) is 5.26 Å². The number of fused-ring (bicyclic) bond motifs is 1. The molecule has 5 rings (SSSR count). The lowest BCUT2D eigenvalue weighted by Gasteiger charge is -2.12. The molecule has 4 aromatic rings. The first-order valence-electron chi connectivity index (χ1n) is 9.82. The number of hydrogen-bond donors (Lipinski definition) is 1. The Balaban J connectivity index is 1.52. The van der Waals surface area contributed by atoms with Crippen LogP contribution < -0.4 is 10.5 Å². The fraction of sp³-hybridized carbons (Fsp3) is 0.174. The number of ether oxygens (including phenoxy) is 1. The molecule has 2 aromatic carbocycles. The summed E-state index contributed by atoms with van der Waals surface area (Å²) < 4.78 is 8.03. The Morgan fingerprint density at radius 1 is 1.03 bits per heavy atom. The van der Waals surface area contributed by atoms with Crippen molar-refractivity contribution in [2.45, 2.75) is 12.5 Å². The highest BCUT2D eigenvalue weighted by Crippen LogP contribution is 2.37. The van der Waals surface area contributed by atoms with E-state index in [9.17, 15) is 5.26 Å². The number of nitriles is 1. The lowest BCUT2D eigenvalue weighted by atomic mass is 10.1. The van der Waals surface area contributed by atoms with Crippen LogP contribution in [-0.2, 0) is 0 Å². The molecule has 0 spiro atoms. The Bertz CT molecular complexity index is 1230. The molecule has 0 radical (unpaired) electrons. The molecule has 2 aromatic heterocycles. The number of anilines is 1. The van der Waals surface area contributed by atoms with E-state index >= 15 is 0 Å². The molecule has 1 aliphatic rings. The molecule has 0 amide bonds. The molecule has 30 heavy (non-hydrogen) atoms. The maximum atomic E-state index is 9.21. The number of aromatic nitrogens is 3. The molecule has 0 saturated carbocycles. The second kappa shape index (κ2) is 7.41. The maximum Gasteiger partial charge on any atom is 0.179 e. The minimum atomic E-state index is 0.177. The lowest BCUT2D eigenvalue weighted by Crippen LogP contribution is -2.15. The third-order valence-electron chi connectivity index (χ3n) is 5.48. The van der Waals surface area contributed by atoms with Gasteiger partial charge in [-0.3, -0.25) is 0 Å².